The molecular weight excluding hydrogens is 255 g/mol. The number of methoxy groups -OCH3 is 1. The monoisotopic (exact) mass is 266 g/mol. The summed E-state index contributed by atoms with van der Waals surface area (Å²) >= 11 is 5.88. The SMILES string of the molecule is COc1ccc(-c2nnc(Cl)c(C)c2C)cc1F. The third kappa shape index (κ3) is 2.16. The number of hydrogen-bond donors (Lipinski definition) is 0. The minimum absolute atomic E-state index is 0.204. The Bertz CT molecular complexity index is 602. The minimum atomic E-state index is -0.427. The van der Waals surface area contributed by atoms with E-state index in [-0.39, 0.29) is 5.75 Å². The van der Waals surface area contributed by atoms with Gasteiger partial charge in [0, 0.05) is 5.56 Å². The average molecular weight is 267 g/mol. The van der Waals surface area contributed by atoms with Crippen LogP contribution in [-0.2, 0) is 0 Å². The lowest BCUT2D eigenvalue weighted by atomic mass is 10.0. The predicted molar refractivity (Wildman–Crippen MR) is 68.5 cm³/mol. The minimum Gasteiger partial charge on any atom is -0.494 e. The molecule has 0 spiro atoms. The number of hydrogen-bond acceptors (Lipinski definition) is 3. The van der Waals surface area contributed by atoms with Gasteiger partial charge in [-0.05, 0) is 43.2 Å². The van der Waals surface area contributed by atoms with Gasteiger partial charge in [0.25, 0.3) is 0 Å². The molecule has 0 saturated carbocycles. The van der Waals surface area contributed by atoms with Crippen LogP contribution in [0, 0.1) is 19.7 Å². The van der Waals surface area contributed by atoms with E-state index in [1.54, 1.807) is 12.1 Å². The Kier molecular flexibility index (Phi) is 3.48. The maximum atomic E-state index is 13.6. The highest BCUT2D eigenvalue weighted by molar-refractivity contribution is 6.30. The van der Waals surface area contributed by atoms with Gasteiger partial charge in [0.1, 0.15) is 0 Å². The van der Waals surface area contributed by atoms with Gasteiger partial charge in [-0.15, -0.1) is 10.2 Å². The van der Waals surface area contributed by atoms with Gasteiger partial charge in [0.2, 0.25) is 0 Å². The van der Waals surface area contributed by atoms with Crippen molar-refractivity contribution in [2.75, 3.05) is 7.11 Å². The maximum absolute atomic E-state index is 13.6. The number of ether oxygens (including phenoxy) is 1. The van der Waals surface area contributed by atoms with E-state index in [2.05, 4.69) is 10.2 Å². The van der Waals surface area contributed by atoms with E-state index < -0.39 is 5.82 Å². The lowest BCUT2D eigenvalue weighted by Gasteiger charge is -2.09. The summed E-state index contributed by atoms with van der Waals surface area (Å²) in [5.41, 5.74) is 3.01. The molecule has 0 amide bonds. The van der Waals surface area contributed by atoms with Crippen LogP contribution in [0.3, 0.4) is 0 Å². The number of halogens is 2. The largest absolute Gasteiger partial charge is 0.494 e. The van der Waals surface area contributed by atoms with Crippen LogP contribution >= 0.6 is 11.6 Å². The Morgan fingerprint density at radius 2 is 1.89 bits per heavy atom. The van der Waals surface area contributed by atoms with Crippen molar-refractivity contribution in [3.63, 3.8) is 0 Å². The zero-order valence-electron chi connectivity index (χ0n) is 10.3. The lowest BCUT2D eigenvalue weighted by molar-refractivity contribution is 0.386. The molecule has 1 aromatic carbocycles. The van der Waals surface area contributed by atoms with Gasteiger partial charge in [-0.1, -0.05) is 11.6 Å². The van der Waals surface area contributed by atoms with Gasteiger partial charge < -0.3 is 4.74 Å². The Hall–Kier alpha value is -1.68. The smallest absolute Gasteiger partial charge is 0.165 e. The first-order chi connectivity index (χ1) is 8.54. The second kappa shape index (κ2) is 4.90. The fourth-order valence-corrected chi connectivity index (χ4v) is 1.84. The summed E-state index contributed by atoms with van der Waals surface area (Å²) in [6.45, 7) is 3.74. The normalized spacial score (nSPS) is 10.5. The van der Waals surface area contributed by atoms with E-state index in [0.717, 1.165) is 11.1 Å². The highest BCUT2D eigenvalue weighted by atomic mass is 35.5. The van der Waals surface area contributed by atoms with Crippen LogP contribution in [0.4, 0.5) is 4.39 Å². The second-order valence-electron chi connectivity index (χ2n) is 3.94. The number of nitrogens with zero attached hydrogens (tertiary/aromatic N) is 2. The van der Waals surface area contributed by atoms with Crippen molar-refractivity contribution in [1.82, 2.24) is 10.2 Å². The summed E-state index contributed by atoms with van der Waals surface area (Å²) in [4.78, 5) is 0. The molecule has 0 bridgehead atoms. The van der Waals surface area contributed by atoms with Gasteiger partial charge in [-0.25, -0.2) is 4.39 Å². The molecule has 0 radical (unpaired) electrons. The molecule has 0 aliphatic carbocycles. The molecule has 5 heteroatoms. The first-order valence-corrected chi connectivity index (χ1v) is 5.75. The molecule has 0 N–H and O–H groups in total. The van der Waals surface area contributed by atoms with Crippen molar-refractivity contribution < 1.29 is 9.13 Å². The summed E-state index contributed by atoms with van der Waals surface area (Å²) in [6, 6.07) is 4.69. The van der Waals surface area contributed by atoms with Crippen LogP contribution in [-0.4, -0.2) is 17.3 Å². The molecule has 0 fully saturated rings. The average Bonchev–Trinajstić information content (AvgIpc) is 2.36. The number of aromatic nitrogens is 2. The molecule has 94 valence electrons. The topological polar surface area (TPSA) is 35.0 Å². The van der Waals surface area contributed by atoms with Crippen LogP contribution < -0.4 is 4.74 Å². The van der Waals surface area contributed by atoms with Crippen molar-refractivity contribution >= 4 is 11.6 Å². The molecule has 1 heterocycles. The maximum Gasteiger partial charge on any atom is 0.165 e. The zero-order chi connectivity index (χ0) is 13.3. The molecule has 18 heavy (non-hydrogen) atoms. The molecule has 1 aromatic heterocycles. The Balaban J connectivity index is 2.56. The first-order valence-electron chi connectivity index (χ1n) is 5.38. The van der Waals surface area contributed by atoms with Crippen molar-refractivity contribution in [1.29, 1.82) is 0 Å². The molecule has 2 aromatic rings. The molecular formula is C13H12ClFN2O. The summed E-state index contributed by atoms with van der Waals surface area (Å²) < 4.78 is 18.5. The summed E-state index contributed by atoms with van der Waals surface area (Å²) in [5, 5.41) is 8.23. The molecule has 0 saturated heterocycles. The Morgan fingerprint density at radius 1 is 1.17 bits per heavy atom. The van der Waals surface area contributed by atoms with E-state index >= 15 is 0 Å². The fraction of sp³-hybridized carbons (Fsp3) is 0.231. The van der Waals surface area contributed by atoms with E-state index in [1.165, 1.54) is 13.2 Å². The molecule has 2 rings (SSSR count). The van der Waals surface area contributed by atoms with Crippen LogP contribution in [0.1, 0.15) is 11.1 Å². The quantitative estimate of drug-likeness (QED) is 0.834. The van der Waals surface area contributed by atoms with Gasteiger partial charge >= 0.3 is 0 Å². The van der Waals surface area contributed by atoms with Crippen LogP contribution in [0.15, 0.2) is 18.2 Å². The zero-order valence-corrected chi connectivity index (χ0v) is 11.0. The van der Waals surface area contributed by atoms with Crippen molar-refractivity contribution in [2.24, 2.45) is 0 Å². The van der Waals surface area contributed by atoms with Crippen LogP contribution in [0.5, 0.6) is 5.75 Å². The molecule has 0 aliphatic rings. The van der Waals surface area contributed by atoms with E-state index in [1.807, 2.05) is 13.8 Å². The van der Waals surface area contributed by atoms with Gasteiger partial charge in [0.15, 0.2) is 16.7 Å². The molecule has 0 aliphatic heterocycles. The number of rotatable bonds is 2. The second-order valence-corrected chi connectivity index (χ2v) is 4.30. The third-order valence-corrected chi connectivity index (χ3v) is 3.25. The fourth-order valence-electron chi connectivity index (χ4n) is 1.66. The summed E-state index contributed by atoms with van der Waals surface area (Å²) in [5.74, 6) is -0.223. The van der Waals surface area contributed by atoms with Crippen molar-refractivity contribution in [3.05, 3.63) is 40.3 Å². The van der Waals surface area contributed by atoms with Crippen LogP contribution in [0.2, 0.25) is 5.15 Å². The van der Waals surface area contributed by atoms with Gasteiger partial charge in [-0.3, -0.25) is 0 Å². The van der Waals surface area contributed by atoms with E-state index in [0.29, 0.717) is 16.4 Å². The van der Waals surface area contributed by atoms with Crippen molar-refractivity contribution in [3.8, 4) is 17.0 Å². The highest BCUT2D eigenvalue weighted by Gasteiger charge is 2.12. The Morgan fingerprint density at radius 3 is 2.50 bits per heavy atom. The summed E-state index contributed by atoms with van der Waals surface area (Å²) in [6.07, 6.45) is 0. The van der Waals surface area contributed by atoms with Gasteiger partial charge in [-0.2, -0.15) is 0 Å². The van der Waals surface area contributed by atoms with Gasteiger partial charge in [0.05, 0.1) is 12.8 Å². The molecule has 3 nitrogen and oxygen atoms in total. The van der Waals surface area contributed by atoms with E-state index in [4.69, 9.17) is 16.3 Å². The van der Waals surface area contributed by atoms with E-state index in [9.17, 15) is 4.39 Å². The Labute approximate surface area is 110 Å². The highest BCUT2D eigenvalue weighted by Crippen LogP contribution is 2.28. The van der Waals surface area contributed by atoms with Crippen molar-refractivity contribution in [2.45, 2.75) is 13.8 Å². The third-order valence-electron chi connectivity index (χ3n) is 2.89. The molecule has 0 unspecified atom stereocenters. The number of benzene rings is 1. The standard InChI is InChI=1S/C13H12ClFN2O/c1-7-8(2)13(14)17-16-12(7)9-4-5-11(18-3)10(15)6-9/h4-6H,1-3H3. The van der Waals surface area contributed by atoms with Crippen LogP contribution in [0.25, 0.3) is 11.3 Å². The molecule has 0 atom stereocenters. The first kappa shape index (κ1) is 12.8. The lowest BCUT2D eigenvalue weighted by Crippen LogP contribution is -1.97. The predicted octanol–water partition coefficient (Wildman–Crippen LogP) is 3.56. The summed E-state index contributed by atoms with van der Waals surface area (Å²) in [7, 11) is 1.43.